The predicted octanol–water partition coefficient (Wildman–Crippen LogP) is 3.18. The summed E-state index contributed by atoms with van der Waals surface area (Å²) >= 11 is 0. The van der Waals surface area contributed by atoms with Crippen LogP contribution in [0.15, 0.2) is 36.7 Å². The van der Waals surface area contributed by atoms with Crippen LogP contribution < -0.4 is 10.5 Å². The minimum Gasteiger partial charge on any atom is -0.424 e. The fourth-order valence-electron chi connectivity index (χ4n) is 1.76. The summed E-state index contributed by atoms with van der Waals surface area (Å²) in [6.45, 7) is 1.84. The number of hydrogen-bond acceptors (Lipinski definition) is 4. The number of nitrogens with two attached hydrogens (primary N) is 1. The van der Waals surface area contributed by atoms with Crippen molar-refractivity contribution in [2.75, 3.05) is 0 Å². The van der Waals surface area contributed by atoms with Gasteiger partial charge in [0.25, 0.3) is 0 Å². The quantitative estimate of drug-likeness (QED) is 0.941. The summed E-state index contributed by atoms with van der Waals surface area (Å²) in [7, 11) is 0. The van der Waals surface area contributed by atoms with E-state index in [9.17, 15) is 13.2 Å². The van der Waals surface area contributed by atoms with Gasteiger partial charge in [0.05, 0.1) is 5.56 Å². The van der Waals surface area contributed by atoms with Gasteiger partial charge in [-0.25, -0.2) is 9.97 Å². The fraction of sp³-hybridized carbons (Fsp3) is 0.286. The number of aromatic nitrogens is 2. The molecule has 112 valence electrons. The van der Waals surface area contributed by atoms with Crippen molar-refractivity contribution >= 4 is 0 Å². The van der Waals surface area contributed by atoms with Crippen LogP contribution in [0.5, 0.6) is 11.8 Å². The van der Waals surface area contributed by atoms with Gasteiger partial charge in [-0.3, -0.25) is 0 Å². The number of ether oxygens (including phenoxy) is 1. The van der Waals surface area contributed by atoms with Gasteiger partial charge in [0.1, 0.15) is 5.75 Å². The molecule has 0 aliphatic carbocycles. The van der Waals surface area contributed by atoms with Crippen molar-refractivity contribution in [3.8, 4) is 11.8 Å². The van der Waals surface area contributed by atoms with E-state index in [4.69, 9.17) is 10.5 Å². The number of para-hydroxylation sites is 1. The highest BCUT2D eigenvalue weighted by atomic mass is 19.4. The number of rotatable bonds is 4. The van der Waals surface area contributed by atoms with Crippen molar-refractivity contribution in [1.29, 1.82) is 0 Å². The van der Waals surface area contributed by atoms with Crippen molar-refractivity contribution in [3.05, 3.63) is 47.8 Å². The molecule has 2 aromatic rings. The molecule has 7 heteroatoms. The highest BCUT2D eigenvalue weighted by Gasteiger charge is 2.34. The van der Waals surface area contributed by atoms with E-state index < -0.39 is 11.7 Å². The van der Waals surface area contributed by atoms with Crippen LogP contribution in [0.3, 0.4) is 0 Å². The molecule has 0 spiro atoms. The molecule has 1 aromatic carbocycles. The smallest absolute Gasteiger partial charge is 0.419 e. The van der Waals surface area contributed by atoms with Gasteiger partial charge in [-0.05, 0) is 31.0 Å². The van der Waals surface area contributed by atoms with E-state index in [0.717, 1.165) is 11.6 Å². The molecule has 1 aromatic heterocycles. The van der Waals surface area contributed by atoms with Crippen LogP contribution in [0.1, 0.15) is 18.1 Å². The average Bonchev–Trinajstić information content (AvgIpc) is 2.40. The number of halogens is 3. The van der Waals surface area contributed by atoms with E-state index in [0.29, 0.717) is 6.42 Å². The maximum absolute atomic E-state index is 12.8. The zero-order valence-corrected chi connectivity index (χ0v) is 11.3. The molecule has 0 saturated heterocycles. The SMILES string of the molecule is CC(N)Cc1cnc(Oc2ccccc2C(F)(F)F)nc1. The van der Waals surface area contributed by atoms with Gasteiger partial charge < -0.3 is 10.5 Å². The molecular weight excluding hydrogens is 283 g/mol. The molecule has 0 aliphatic heterocycles. The normalized spacial score (nSPS) is 13.0. The predicted molar refractivity (Wildman–Crippen MR) is 70.9 cm³/mol. The fourth-order valence-corrected chi connectivity index (χ4v) is 1.76. The van der Waals surface area contributed by atoms with E-state index >= 15 is 0 Å². The summed E-state index contributed by atoms with van der Waals surface area (Å²) in [6, 6.07) is 4.73. The Labute approximate surface area is 119 Å². The molecule has 0 fully saturated rings. The molecule has 2 N–H and O–H groups in total. The monoisotopic (exact) mass is 297 g/mol. The summed E-state index contributed by atoms with van der Waals surface area (Å²) in [5, 5.41) is 0. The zero-order valence-electron chi connectivity index (χ0n) is 11.3. The Kier molecular flexibility index (Phi) is 4.42. The van der Waals surface area contributed by atoms with Gasteiger partial charge in [-0.2, -0.15) is 13.2 Å². The Morgan fingerprint density at radius 2 is 1.81 bits per heavy atom. The third-order valence-electron chi connectivity index (χ3n) is 2.63. The Bertz CT molecular complexity index is 597. The molecule has 1 unspecified atom stereocenters. The molecule has 0 radical (unpaired) electrons. The van der Waals surface area contributed by atoms with Crippen LogP contribution in [-0.4, -0.2) is 16.0 Å². The summed E-state index contributed by atoms with van der Waals surface area (Å²) in [5.74, 6) is -0.329. The number of hydrogen-bond donors (Lipinski definition) is 1. The highest BCUT2D eigenvalue weighted by Crippen LogP contribution is 2.37. The first-order valence-corrected chi connectivity index (χ1v) is 6.27. The van der Waals surface area contributed by atoms with Crippen molar-refractivity contribution in [2.45, 2.75) is 25.6 Å². The summed E-state index contributed by atoms with van der Waals surface area (Å²) < 4.78 is 43.6. The van der Waals surface area contributed by atoms with E-state index in [1.54, 1.807) is 0 Å². The van der Waals surface area contributed by atoms with Crippen molar-refractivity contribution in [1.82, 2.24) is 9.97 Å². The Hall–Kier alpha value is -2.15. The van der Waals surface area contributed by atoms with Crippen molar-refractivity contribution < 1.29 is 17.9 Å². The second-order valence-corrected chi connectivity index (χ2v) is 4.65. The number of benzene rings is 1. The third-order valence-corrected chi connectivity index (χ3v) is 2.63. The van der Waals surface area contributed by atoms with E-state index in [1.165, 1.54) is 30.6 Å². The molecule has 21 heavy (non-hydrogen) atoms. The lowest BCUT2D eigenvalue weighted by Crippen LogP contribution is -2.18. The molecule has 1 heterocycles. The molecular formula is C14H14F3N3O. The van der Waals surface area contributed by atoms with E-state index in [-0.39, 0.29) is 17.8 Å². The average molecular weight is 297 g/mol. The second kappa shape index (κ2) is 6.09. The molecule has 0 bridgehead atoms. The van der Waals surface area contributed by atoms with Crippen molar-refractivity contribution in [2.24, 2.45) is 5.73 Å². The van der Waals surface area contributed by atoms with Crippen LogP contribution >= 0.6 is 0 Å². The highest BCUT2D eigenvalue weighted by molar-refractivity contribution is 5.37. The largest absolute Gasteiger partial charge is 0.424 e. The molecule has 0 aliphatic rings. The third kappa shape index (κ3) is 4.16. The van der Waals surface area contributed by atoms with E-state index in [1.807, 2.05) is 6.92 Å². The lowest BCUT2D eigenvalue weighted by Gasteiger charge is -2.12. The van der Waals surface area contributed by atoms with Gasteiger partial charge in [0.2, 0.25) is 0 Å². The molecule has 4 nitrogen and oxygen atoms in total. The maximum Gasteiger partial charge on any atom is 0.419 e. The van der Waals surface area contributed by atoms with Gasteiger partial charge in [0.15, 0.2) is 0 Å². The maximum atomic E-state index is 12.8. The summed E-state index contributed by atoms with van der Waals surface area (Å²) in [4.78, 5) is 7.79. The van der Waals surface area contributed by atoms with Crippen LogP contribution in [0, 0.1) is 0 Å². The first-order valence-electron chi connectivity index (χ1n) is 6.27. The summed E-state index contributed by atoms with van der Waals surface area (Å²) in [5.41, 5.74) is 5.57. The zero-order chi connectivity index (χ0) is 15.5. The molecule has 2 rings (SSSR count). The van der Waals surface area contributed by atoms with Crippen LogP contribution in [0.4, 0.5) is 13.2 Å². The van der Waals surface area contributed by atoms with Crippen LogP contribution in [-0.2, 0) is 12.6 Å². The topological polar surface area (TPSA) is 61.0 Å². The lowest BCUT2D eigenvalue weighted by molar-refractivity contribution is -0.138. The Balaban J connectivity index is 2.19. The summed E-state index contributed by atoms with van der Waals surface area (Å²) in [6.07, 6.45) is -0.936. The van der Waals surface area contributed by atoms with Gasteiger partial charge in [-0.1, -0.05) is 12.1 Å². The number of nitrogens with zero attached hydrogens (tertiary/aromatic N) is 2. The first-order chi connectivity index (χ1) is 9.86. The van der Waals surface area contributed by atoms with Crippen LogP contribution in [0.2, 0.25) is 0 Å². The van der Waals surface area contributed by atoms with Gasteiger partial charge >= 0.3 is 12.2 Å². The van der Waals surface area contributed by atoms with E-state index in [2.05, 4.69) is 9.97 Å². The van der Waals surface area contributed by atoms with Crippen molar-refractivity contribution in [3.63, 3.8) is 0 Å². The number of alkyl halides is 3. The van der Waals surface area contributed by atoms with Gasteiger partial charge in [-0.15, -0.1) is 0 Å². The van der Waals surface area contributed by atoms with Gasteiger partial charge in [0, 0.05) is 18.4 Å². The standard InChI is InChI=1S/C14H14F3N3O/c1-9(18)6-10-7-19-13(20-8-10)21-12-5-3-2-4-11(12)14(15,16)17/h2-5,7-9H,6,18H2,1H3. The first kappa shape index (κ1) is 15.2. The lowest BCUT2D eigenvalue weighted by atomic mass is 10.1. The Morgan fingerprint density at radius 1 is 1.19 bits per heavy atom. The molecule has 1 atom stereocenters. The molecule has 0 saturated carbocycles. The minimum atomic E-state index is -4.49. The second-order valence-electron chi connectivity index (χ2n) is 4.65. The minimum absolute atomic E-state index is 0.0497. The molecule has 0 amide bonds. The Morgan fingerprint density at radius 3 is 2.38 bits per heavy atom. The van der Waals surface area contributed by atoms with Crippen LogP contribution in [0.25, 0.3) is 0 Å².